The molecule has 82 valence electrons. The van der Waals surface area contributed by atoms with Crippen molar-refractivity contribution in [3.8, 4) is 0 Å². The molecule has 0 spiro atoms. The predicted molar refractivity (Wildman–Crippen MR) is 60.4 cm³/mol. The molecule has 15 heavy (non-hydrogen) atoms. The molecule has 0 saturated heterocycles. The van der Waals surface area contributed by atoms with Crippen LogP contribution in [0.4, 0.5) is 10.1 Å². The summed E-state index contributed by atoms with van der Waals surface area (Å²) in [6.45, 7) is 6.95. The Bertz CT molecular complexity index is 338. The third-order valence-corrected chi connectivity index (χ3v) is 2.22. The number of aliphatic hydroxyl groups excluding tert-OH is 1. The standard InChI is InChI=1S/C12H16FNO/c1-3-5-14(4-2)12-7-10(9-15)6-11(13)8-12/h3,6-8,15H,1,4-5,9H2,2H3. The fourth-order valence-corrected chi connectivity index (χ4v) is 1.48. The van der Waals surface area contributed by atoms with E-state index in [-0.39, 0.29) is 12.4 Å². The number of nitrogens with zero attached hydrogens (tertiary/aromatic N) is 1. The maximum Gasteiger partial charge on any atom is 0.125 e. The number of benzene rings is 1. The van der Waals surface area contributed by atoms with E-state index in [2.05, 4.69) is 6.58 Å². The summed E-state index contributed by atoms with van der Waals surface area (Å²) in [5.41, 5.74) is 1.37. The van der Waals surface area contributed by atoms with E-state index in [1.807, 2.05) is 11.8 Å². The minimum Gasteiger partial charge on any atom is -0.392 e. The van der Waals surface area contributed by atoms with Crippen LogP contribution < -0.4 is 4.90 Å². The number of halogens is 1. The number of likely N-dealkylation sites (N-methyl/N-ethyl adjacent to an activating group) is 1. The highest BCUT2D eigenvalue weighted by atomic mass is 19.1. The summed E-state index contributed by atoms with van der Waals surface area (Å²) in [7, 11) is 0. The second-order valence-corrected chi connectivity index (χ2v) is 3.30. The molecule has 1 rings (SSSR count). The molecule has 0 aliphatic rings. The smallest absolute Gasteiger partial charge is 0.125 e. The van der Waals surface area contributed by atoms with E-state index < -0.39 is 0 Å². The Labute approximate surface area is 89.7 Å². The third-order valence-electron chi connectivity index (χ3n) is 2.22. The van der Waals surface area contributed by atoms with Crippen LogP contribution in [0.15, 0.2) is 30.9 Å². The summed E-state index contributed by atoms with van der Waals surface area (Å²) >= 11 is 0. The summed E-state index contributed by atoms with van der Waals surface area (Å²) in [5.74, 6) is -0.320. The van der Waals surface area contributed by atoms with Gasteiger partial charge in [-0.1, -0.05) is 6.08 Å². The van der Waals surface area contributed by atoms with Gasteiger partial charge in [-0.15, -0.1) is 6.58 Å². The molecule has 0 atom stereocenters. The van der Waals surface area contributed by atoms with E-state index >= 15 is 0 Å². The SMILES string of the molecule is C=CCN(CC)c1cc(F)cc(CO)c1. The zero-order chi connectivity index (χ0) is 11.3. The van der Waals surface area contributed by atoms with Crippen LogP contribution in [0.1, 0.15) is 12.5 Å². The van der Waals surface area contributed by atoms with Gasteiger partial charge in [-0.05, 0) is 30.7 Å². The highest BCUT2D eigenvalue weighted by Gasteiger charge is 2.05. The van der Waals surface area contributed by atoms with E-state index in [0.29, 0.717) is 12.1 Å². The lowest BCUT2D eigenvalue weighted by atomic mass is 10.2. The molecule has 0 amide bonds. The highest BCUT2D eigenvalue weighted by molar-refractivity contribution is 5.49. The molecule has 0 radical (unpaired) electrons. The van der Waals surface area contributed by atoms with E-state index in [0.717, 1.165) is 12.2 Å². The fraction of sp³-hybridized carbons (Fsp3) is 0.333. The quantitative estimate of drug-likeness (QED) is 0.752. The van der Waals surface area contributed by atoms with Crippen molar-refractivity contribution in [3.05, 3.63) is 42.2 Å². The molecule has 0 fully saturated rings. The molecule has 0 heterocycles. The van der Waals surface area contributed by atoms with Gasteiger partial charge in [-0.3, -0.25) is 0 Å². The van der Waals surface area contributed by atoms with Crippen molar-refractivity contribution in [2.75, 3.05) is 18.0 Å². The average Bonchev–Trinajstić information content (AvgIpc) is 2.24. The number of anilines is 1. The lowest BCUT2D eigenvalue weighted by Gasteiger charge is -2.21. The van der Waals surface area contributed by atoms with Crippen molar-refractivity contribution in [1.29, 1.82) is 0 Å². The van der Waals surface area contributed by atoms with Gasteiger partial charge in [0.15, 0.2) is 0 Å². The maximum absolute atomic E-state index is 13.2. The minimum absolute atomic E-state index is 0.142. The first-order valence-electron chi connectivity index (χ1n) is 4.97. The average molecular weight is 209 g/mol. The van der Waals surface area contributed by atoms with Gasteiger partial charge in [0, 0.05) is 18.8 Å². The Morgan fingerprint density at radius 3 is 2.73 bits per heavy atom. The monoisotopic (exact) mass is 209 g/mol. The van der Waals surface area contributed by atoms with Crippen molar-refractivity contribution < 1.29 is 9.50 Å². The Hall–Kier alpha value is -1.35. The van der Waals surface area contributed by atoms with Crippen LogP contribution in [0, 0.1) is 5.82 Å². The van der Waals surface area contributed by atoms with Gasteiger partial charge in [-0.2, -0.15) is 0 Å². The third kappa shape index (κ3) is 3.06. The van der Waals surface area contributed by atoms with Crippen molar-refractivity contribution >= 4 is 5.69 Å². The van der Waals surface area contributed by atoms with Crippen molar-refractivity contribution in [3.63, 3.8) is 0 Å². The number of hydrogen-bond acceptors (Lipinski definition) is 2. The first-order valence-corrected chi connectivity index (χ1v) is 4.97. The molecule has 1 aromatic rings. The molecule has 1 aromatic carbocycles. The molecular weight excluding hydrogens is 193 g/mol. The molecule has 0 aliphatic carbocycles. The second kappa shape index (κ2) is 5.51. The van der Waals surface area contributed by atoms with Crippen molar-refractivity contribution in [2.24, 2.45) is 0 Å². The molecule has 0 saturated carbocycles. The number of aliphatic hydroxyl groups is 1. The Morgan fingerprint density at radius 1 is 1.47 bits per heavy atom. The largest absolute Gasteiger partial charge is 0.392 e. The van der Waals surface area contributed by atoms with Gasteiger partial charge in [0.1, 0.15) is 5.82 Å². The maximum atomic E-state index is 13.2. The highest BCUT2D eigenvalue weighted by Crippen LogP contribution is 2.18. The first-order chi connectivity index (χ1) is 7.21. The van der Waals surface area contributed by atoms with Gasteiger partial charge in [0.05, 0.1) is 6.61 Å². The molecular formula is C12H16FNO. The number of rotatable bonds is 5. The van der Waals surface area contributed by atoms with Crippen LogP contribution in [0.25, 0.3) is 0 Å². The zero-order valence-electron chi connectivity index (χ0n) is 8.91. The summed E-state index contributed by atoms with van der Waals surface area (Å²) in [5, 5.41) is 8.97. The van der Waals surface area contributed by atoms with E-state index in [1.165, 1.54) is 12.1 Å². The molecule has 0 aromatic heterocycles. The topological polar surface area (TPSA) is 23.5 Å². The lowest BCUT2D eigenvalue weighted by Crippen LogP contribution is -2.22. The summed E-state index contributed by atoms with van der Waals surface area (Å²) in [4.78, 5) is 1.98. The summed E-state index contributed by atoms with van der Waals surface area (Å²) in [6.07, 6.45) is 1.77. The van der Waals surface area contributed by atoms with Gasteiger partial charge in [0.2, 0.25) is 0 Å². The summed E-state index contributed by atoms with van der Waals surface area (Å²) in [6, 6.07) is 4.59. The molecule has 2 nitrogen and oxygen atoms in total. The Balaban J connectivity index is 3.00. The molecule has 0 aliphatic heterocycles. The van der Waals surface area contributed by atoms with E-state index in [1.54, 1.807) is 12.1 Å². The van der Waals surface area contributed by atoms with Crippen LogP contribution in [0.3, 0.4) is 0 Å². The van der Waals surface area contributed by atoms with Gasteiger partial charge in [0.25, 0.3) is 0 Å². The normalized spacial score (nSPS) is 10.1. The van der Waals surface area contributed by atoms with Crippen LogP contribution in [0.2, 0.25) is 0 Å². The molecule has 0 bridgehead atoms. The van der Waals surface area contributed by atoms with Gasteiger partial charge in [-0.25, -0.2) is 4.39 Å². The van der Waals surface area contributed by atoms with Crippen LogP contribution in [-0.2, 0) is 6.61 Å². The van der Waals surface area contributed by atoms with E-state index in [4.69, 9.17) is 5.11 Å². The molecule has 0 unspecified atom stereocenters. The zero-order valence-corrected chi connectivity index (χ0v) is 8.91. The second-order valence-electron chi connectivity index (χ2n) is 3.30. The predicted octanol–water partition coefficient (Wildman–Crippen LogP) is 2.33. The first kappa shape index (κ1) is 11.7. The van der Waals surface area contributed by atoms with E-state index in [9.17, 15) is 4.39 Å². The van der Waals surface area contributed by atoms with Crippen LogP contribution >= 0.6 is 0 Å². The Kier molecular flexibility index (Phi) is 4.31. The van der Waals surface area contributed by atoms with Crippen LogP contribution in [-0.4, -0.2) is 18.2 Å². The molecule has 3 heteroatoms. The lowest BCUT2D eigenvalue weighted by molar-refractivity contribution is 0.281. The Morgan fingerprint density at radius 2 is 2.20 bits per heavy atom. The summed E-state index contributed by atoms with van der Waals surface area (Å²) < 4.78 is 13.2. The van der Waals surface area contributed by atoms with Gasteiger partial charge >= 0.3 is 0 Å². The van der Waals surface area contributed by atoms with Crippen molar-refractivity contribution in [2.45, 2.75) is 13.5 Å². The van der Waals surface area contributed by atoms with Crippen molar-refractivity contribution in [1.82, 2.24) is 0 Å². The minimum atomic E-state index is -0.320. The molecule has 1 N–H and O–H groups in total. The fourth-order valence-electron chi connectivity index (χ4n) is 1.48. The van der Waals surface area contributed by atoms with Crippen LogP contribution in [0.5, 0.6) is 0 Å². The van der Waals surface area contributed by atoms with Gasteiger partial charge < -0.3 is 10.0 Å². The number of hydrogen-bond donors (Lipinski definition) is 1.